The molecule has 7 heteroatoms. The second-order valence-corrected chi connectivity index (χ2v) is 7.45. The Balaban J connectivity index is 2.04. The van der Waals surface area contributed by atoms with Crippen LogP contribution in [0.1, 0.15) is 41.8 Å². The summed E-state index contributed by atoms with van der Waals surface area (Å²) >= 11 is 1.28. The smallest absolute Gasteiger partial charge is 0.341 e. The van der Waals surface area contributed by atoms with Gasteiger partial charge in [0.2, 0.25) is 5.91 Å². The minimum absolute atomic E-state index is 0.187. The molecule has 3 aromatic rings. The van der Waals surface area contributed by atoms with Crippen LogP contribution in [0.15, 0.2) is 36.4 Å². The first-order valence-electron chi connectivity index (χ1n) is 9.34. The van der Waals surface area contributed by atoms with E-state index in [2.05, 4.69) is 5.32 Å². The molecule has 0 aliphatic carbocycles. The topological polar surface area (TPSA) is 64.6 Å². The van der Waals surface area contributed by atoms with Gasteiger partial charge in [-0.25, -0.2) is 9.18 Å². The van der Waals surface area contributed by atoms with Crippen LogP contribution in [0.3, 0.4) is 0 Å². The first kappa shape index (κ1) is 20.8. The van der Waals surface area contributed by atoms with E-state index in [1.165, 1.54) is 23.5 Å². The number of benzene rings is 2. The fraction of sp³-hybridized carbons (Fsp3) is 0.273. The Labute approximate surface area is 172 Å². The molecule has 0 aliphatic rings. The molecule has 0 fully saturated rings. The molecule has 2 aromatic carbocycles. The first-order valence-corrected chi connectivity index (χ1v) is 10.2. The molecule has 29 heavy (non-hydrogen) atoms. The number of halogens is 1. The Morgan fingerprint density at radius 2 is 1.83 bits per heavy atom. The third-order valence-electron chi connectivity index (χ3n) is 4.36. The van der Waals surface area contributed by atoms with Crippen LogP contribution in [-0.4, -0.2) is 18.5 Å². The van der Waals surface area contributed by atoms with Gasteiger partial charge >= 0.3 is 5.97 Å². The second-order valence-electron chi connectivity index (χ2n) is 6.43. The van der Waals surface area contributed by atoms with E-state index in [0.29, 0.717) is 28.1 Å². The number of amides is 1. The lowest BCUT2D eigenvalue weighted by Crippen LogP contribution is -2.12. The molecule has 1 aromatic heterocycles. The van der Waals surface area contributed by atoms with Crippen molar-refractivity contribution in [3.05, 3.63) is 58.9 Å². The monoisotopic (exact) mass is 415 g/mol. The lowest BCUT2D eigenvalue weighted by molar-refractivity contribution is -0.115. The highest BCUT2D eigenvalue weighted by Crippen LogP contribution is 2.43. The standard InChI is InChI=1S/C22H22FNO4S/c1-4-17(25)24-21-18(22(26)27-5-2)16-11-6-13(3)19(20(16)29-21)28-12-14-7-9-15(23)10-8-14/h6-11H,4-5,12H2,1-3H3,(H,24,25). The highest BCUT2D eigenvalue weighted by molar-refractivity contribution is 7.24. The summed E-state index contributed by atoms with van der Waals surface area (Å²) in [7, 11) is 0. The van der Waals surface area contributed by atoms with Gasteiger partial charge in [-0.1, -0.05) is 31.2 Å². The average Bonchev–Trinajstić information content (AvgIpc) is 3.06. The maximum absolute atomic E-state index is 13.1. The quantitative estimate of drug-likeness (QED) is 0.521. The molecule has 3 rings (SSSR count). The van der Waals surface area contributed by atoms with Crippen molar-refractivity contribution in [2.45, 2.75) is 33.8 Å². The molecular formula is C22H22FNO4S. The second kappa shape index (κ2) is 9.05. The van der Waals surface area contributed by atoms with Gasteiger partial charge < -0.3 is 14.8 Å². The fourth-order valence-corrected chi connectivity index (χ4v) is 4.12. The van der Waals surface area contributed by atoms with Crippen LogP contribution >= 0.6 is 11.3 Å². The number of hydrogen-bond acceptors (Lipinski definition) is 5. The maximum Gasteiger partial charge on any atom is 0.341 e. The average molecular weight is 415 g/mol. The summed E-state index contributed by atoms with van der Waals surface area (Å²) in [6.07, 6.45) is 0.295. The highest BCUT2D eigenvalue weighted by Gasteiger charge is 2.24. The number of ether oxygens (including phenoxy) is 2. The van der Waals surface area contributed by atoms with E-state index >= 15 is 0 Å². The van der Waals surface area contributed by atoms with Gasteiger partial charge in [0.15, 0.2) is 0 Å². The van der Waals surface area contributed by atoms with E-state index in [1.54, 1.807) is 26.0 Å². The van der Waals surface area contributed by atoms with Crippen molar-refractivity contribution in [1.82, 2.24) is 0 Å². The Hall–Kier alpha value is -2.93. The molecule has 0 unspecified atom stereocenters. The van der Waals surface area contributed by atoms with E-state index in [4.69, 9.17) is 9.47 Å². The highest BCUT2D eigenvalue weighted by atomic mass is 32.1. The van der Waals surface area contributed by atoms with Crippen LogP contribution in [-0.2, 0) is 16.1 Å². The van der Waals surface area contributed by atoms with Crippen molar-refractivity contribution >= 4 is 38.3 Å². The van der Waals surface area contributed by atoms with Gasteiger partial charge in [0.25, 0.3) is 0 Å². The molecule has 0 saturated carbocycles. The summed E-state index contributed by atoms with van der Waals surface area (Å²) in [4.78, 5) is 24.5. The van der Waals surface area contributed by atoms with Crippen LogP contribution in [0.4, 0.5) is 9.39 Å². The lowest BCUT2D eigenvalue weighted by atomic mass is 10.1. The Bertz CT molecular complexity index is 1040. The fourth-order valence-electron chi connectivity index (χ4n) is 2.86. The number of esters is 1. The minimum Gasteiger partial charge on any atom is -0.487 e. The van der Waals surface area contributed by atoms with Crippen LogP contribution in [0.25, 0.3) is 10.1 Å². The Kier molecular flexibility index (Phi) is 6.49. The molecule has 0 spiro atoms. The number of carbonyl (C=O) groups excluding carboxylic acids is 2. The molecule has 0 aliphatic heterocycles. The summed E-state index contributed by atoms with van der Waals surface area (Å²) < 4.78 is 25.1. The van der Waals surface area contributed by atoms with Gasteiger partial charge in [0, 0.05) is 11.8 Å². The third-order valence-corrected chi connectivity index (χ3v) is 5.48. The molecule has 1 heterocycles. The summed E-state index contributed by atoms with van der Waals surface area (Å²) in [6.45, 7) is 5.88. The van der Waals surface area contributed by atoms with Crippen molar-refractivity contribution < 1.29 is 23.5 Å². The number of thiophene rings is 1. The zero-order chi connectivity index (χ0) is 21.0. The van der Waals surface area contributed by atoms with Gasteiger partial charge in [-0.2, -0.15) is 0 Å². The van der Waals surface area contributed by atoms with Gasteiger partial charge in [-0.15, -0.1) is 11.3 Å². The van der Waals surface area contributed by atoms with E-state index in [-0.39, 0.29) is 24.9 Å². The van der Waals surface area contributed by atoms with E-state index in [1.807, 2.05) is 19.1 Å². The molecule has 1 amide bonds. The van der Waals surface area contributed by atoms with E-state index in [0.717, 1.165) is 15.8 Å². The largest absolute Gasteiger partial charge is 0.487 e. The third kappa shape index (κ3) is 4.56. The zero-order valence-electron chi connectivity index (χ0n) is 16.5. The van der Waals surface area contributed by atoms with E-state index < -0.39 is 5.97 Å². The Morgan fingerprint density at radius 3 is 2.48 bits per heavy atom. The van der Waals surface area contributed by atoms with Crippen LogP contribution < -0.4 is 10.1 Å². The van der Waals surface area contributed by atoms with Gasteiger partial charge in [0.05, 0.1) is 11.3 Å². The number of hydrogen-bond donors (Lipinski definition) is 1. The number of nitrogens with one attached hydrogen (secondary N) is 1. The molecule has 0 saturated heterocycles. The Morgan fingerprint density at radius 1 is 1.10 bits per heavy atom. The maximum atomic E-state index is 13.1. The van der Waals surface area contributed by atoms with Crippen molar-refractivity contribution in [3.63, 3.8) is 0 Å². The number of aryl methyl sites for hydroxylation is 1. The van der Waals surface area contributed by atoms with Crippen molar-refractivity contribution in [2.75, 3.05) is 11.9 Å². The number of carbonyl (C=O) groups is 2. The molecule has 5 nitrogen and oxygen atoms in total. The molecule has 1 N–H and O–H groups in total. The van der Waals surface area contributed by atoms with Crippen LogP contribution in [0.2, 0.25) is 0 Å². The van der Waals surface area contributed by atoms with Crippen molar-refractivity contribution in [2.24, 2.45) is 0 Å². The first-order chi connectivity index (χ1) is 13.9. The predicted octanol–water partition coefficient (Wildman–Crippen LogP) is 5.45. The molecule has 152 valence electrons. The van der Waals surface area contributed by atoms with Gasteiger partial charge in [-0.05, 0) is 37.1 Å². The number of rotatable bonds is 7. The van der Waals surface area contributed by atoms with Crippen LogP contribution in [0, 0.1) is 12.7 Å². The lowest BCUT2D eigenvalue weighted by Gasteiger charge is -2.11. The number of fused-ring (bicyclic) bond motifs is 1. The summed E-state index contributed by atoms with van der Waals surface area (Å²) in [6, 6.07) is 9.79. The summed E-state index contributed by atoms with van der Waals surface area (Å²) in [5, 5.41) is 3.91. The SMILES string of the molecule is CCOC(=O)c1c(NC(=O)CC)sc2c(OCc3ccc(F)cc3)c(C)ccc12. The molecule has 0 radical (unpaired) electrons. The van der Waals surface area contributed by atoms with Gasteiger partial charge in [0.1, 0.15) is 28.7 Å². The molecule has 0 atom stereocenters. The minimum atomic E-state index is -0.488. The molecule has 0 bridgehead atoms. The molecular weight excluding hydrogens is 393 g/mol. The normalized spacial score (nSPS) is 10.8. The van der Waals surface area contributed by atoms with Gasteiger partial charge in [-0.3, -0.25) is 4.79 Å². The number of anilines is 1. The van der Waals surface area contributed by atoms with Crippen molar-refractivity contribution in [1.29, 1.82) is 0 Å². The summed E-state index contributed by atoms with van der Waals surface area (Å²) in [5.41, 5.74) is 2.05. The predicted molar refractivity (Wildman–Crippen MR) is 112 cm³/mol. The summed E-state index contributed by atoms with van der Waals surface area (Å²) in [5.74, 6) is -0.355. The van der Waals surface area contributed by atoms with E-state index in [9.17, 15) is 14.0 Å². The van der Waals surface area contributed by atoms with Crippen LogP contribution in [0.5, 0.6) is 5.75 Å². The zero-order valence-corrected chi connectivity index (χ0v) is 17.3. The van der Waals surface area contributed by atoms with Crippen molar-refractivity contribution in [3.8, 4) is 5.75 Å².